The van der Waals surface area contributed by atoms with Gasteiger partial charge in [0.2, 0.25) is 5.91 Å². The quantitative estimate of drug-likeness (QED) is 0.858. The van der Waals surface area contributed by atoms with Gasteiger partial charge in [-0.25, -0.2) is 0 Å². The summed E-state index contributed by atoms with van der Waals surface area (Å²) >= 11 is 5.92. The Morgan fingerprint density at radius 1 is 1.23 bits per heavy atom. The van der Waals surface area contributed by atoms with Crippen LogP contribution in [0.4, 0.5) is 5.69 Å². The molecular formula is C17H19ClN2O2. The van der Waals surface area contributed by atoms with E-state index in [1.165, 1.54) is 0 Å². The molecule has 0 saturated carbocycles. The lowest BCUT2D eigenvalue weighted by Gasteiger charge is -2.11. The molecule has 116 valence electrons. The molecule has 2 N–H and O–H groups in total. The van der Waals surface area contributed by atoms with E-state index >= 15 is 0 Å². The smallest absolute Gasteiger partial charge is 0.238 e. The zero-order valence-electron chi connectivity index (χ0n) is 12.7. The van der Waals surface area contributed by atoms with Gasteiger partial charge in [-0.05, 0) is 42.3 Å². The summed E-state index contributed by atoms with van der Waals surface area (Å²) in [6.07, 6.45) is 0. The monoisotopic (exact) mass is 318 g/mol. The normalized spacial score (nSPS) is 10.3. The maximum atomic E-state index is 12.0. The Labute approximate surface area is 135 Å². The highest BCUT2D eigenvalue weighted by Crippen LogP contribution is 2.24. The lowest BCUT2D eigenvalue weighted by atomic mass is 10.2. The summed E-state index contributed by atoms with van der Waals surface area (Å²) in [5, 5.41) is 6.63. The first-order valence-electron chi connectivity index (χ1n) is 6.98. The van der Waals surface area contributed by atoms with Gasteiger partial charge in [-0.1, -0.05) is 29.8 Å². The predicted molar refractivity (Wildman–Crippen MR) is 89.5 cm³/mol. The van der Waals surface area contributed by atoms with Crippen molar-refractivity contribution in [3.63, 3.8) is 0 Å². The standard InChI is InChI=1S/C17H19ClN2O2/c1-12-6-7-16(22-2)15(8-12)20-17(21)11-19-10-13-4-3-5-14(18)9-13/h3-9,19H,10-11H2,1-2H3,(H,20,21). The van der Waals surface area contributed by atoms with Crippen LogP contribution in [0.25, 0.3) is 0 Å². The molecule has 2 aromatic rings. The number of carbonyl (C=O) groups excluding carboxylic acids is 1. The van der Waals surface area contributed by atoms with Crippen LogP contribution in [0.3, 0.4) is 0 Å². The first-order valence-corrected chi connectivity index (χ1v) is 7.36. The molecule has 5 heteroatoms. The number of methoxy groups -OCH3 is 1. The first kappa shape index (κ1) is 16.3. The van der Waals surface area contributed by atoms with E-state index in [1.54, 1.807) is 7.11 Å². The zero-order chi connectivity index (χ0) is 15.9. The minimum Gasteiger partial charge on any atom is -0.495 e. The largest absolute Gasteiger partial charge is 0.495 e. The average Bonchev–Trinajstić information content (AvgIpc) is 2.47. The number of aryl methyl sites for hydroxylation is 1. The van der Waals surface area contributed by atoms with Crippen LogP contribution in [0.2, 0.25) is 5.02 Å². The number of anilines is 1. The maximum Gasteiger partial charge on any atom is 0.238 e. The lowest BCUT2D eigenvalue weighted by Crippen LogP contribution is -2.27. The van der Waals surface area contributed by atoms with Crippen LogP contribution < -0.4 is 15.4 Å². The topological polar surface area (TPSA) is 50.4 Å². The molecule has 0 aliphatic rings. The summed E-state index contributed by atoms with van der Waals surface area (Å²) in [6, 6.07) is 13.2. The Morgan fingerprint density at radius 2 is 2.05 bits per heavy atom. The third-order valence-electron chi connectivity index (χ3n) is 3.13. The molecule has 2 aromatic carbocycles. The maximum absolute atomic E-state index is 12.0. The summed E-state index contributed by atoms with van der Waals surface area (Å²) in [5.74, 6) is 0.528. The Bertz CT molecular complexity index is 659. The SMILES string of the molecule is COc1ccc(C)cc1NC(=O)CNCc1cccc(Cl)c1. The predicted octanol–water partition coefficient (Wildman–Crippen LogP) is 3.39. The molecule has 0 spiro atoms. The molecule has 22 heavy (non-hydrogen) atoms. The highest BCUT2D eigenvalue weighted by molar-refractivity contribution is 6.30. The summed E-state index contributed by atoms with van der Waals surface area (Å²) in [5.41, 5.74) is 2.77. The Morgan fingerprint density at radius 3 is 2.77 bits per heavy atom. The van der Waals surface area contributed by atoms with Crippen molar-refractivity contribution < 1.29 is 9.53 Å². The Balaban J connectivity index is 1.87. The molecular weight excluding hydrogens is 300 g/mol. The Hall–Kier alpha value is -2.04. The van der Waals surface area contributed by atoms with Gasteiger partial charge in [0.15, 0.2) is 0 Å². The van der Waals surface area contributed by atoms with E-state index < -0.39 is 0 Å². The van der Waals surface area contributed by atoms with E-state index in [2.05, 4.69) is 10.6 Å². The van der Waals surface area contributed by atoms with Crippen molar-refractivity contribution in [3.8, 4) is 5.75 Å². The molecule has 0 saturated heterocycles. The Kier molecular flexibility index (Phi) is 5.81. The minimum atomic E-state index is -0.120. The molecule has 0 radical (unpaired) electrons. The van der Waals surface area contributed by atoms with E-state index in [4.69, 9.17) is 16.3 Å². The van der Waals surface area contributed by atoms with Gasteiger partial charge in [0.25, 0.3) is 0 Å². The van der Waals surface area contributed by atoms with Gasteiger partial charge >= 0.3 is 0 Å². The fourth-order valence-electron chi connectivity index (χ4n) is 2.08. The van der Waals surface area contributed by atoms with Gasteiger partial charge in [-0.3, -0.25) is 4.79 Å². The van der Waals surface area contributed by atoms with Gasteiger partial charge in [-0.15, -0.1) is 0 Å². The highest BCUT2D eigenvalue weighted by Gasteiger charge is 2.07. The van der Waals surface area contributed by atoms with Crippen molar-refractivity contribution in [2.45, 2.75) is 13.5 Å². The molecule has 1 amide bonds. The van der Waals surface area contributed by atoms with Crippen LogP contribution in [0.5, 0.6) is 5.75 Å². The number of ether oxygens (including phenoxy) is 1. The number of halogens is 1. The number of nitrogens with one attached hydrogen (secondary N) is 2. The first-order chi connectivity index (χ1) is 10.6. The second-order valence-corrected chi connectivity index (χ2v) is 5.42. The average molecular weight is 319 g/mol. The van der Waals surface area contributed by atoms with Crippen molar-refractivity contribution in [2.75, 3.05) is 19.0 Å². The lowest BCUT2D eigenvalue weighted by molar-refractivity contribution is -0.115. The van der Waals surface area contributed by atoms with Crippen molar-refractivity contribution in [3.05, 3.63) is 58.6 Å². The number of hydrogen-bond acceptors (Lipinski definition) is 3. The summed E-state index contributed by atoms with van der Waals surface area (Å²) in [6.45, 7) is 2.76. The third-order valence-corrected chi connectivity index (χ3v) is 3.37. The molecule has 0 atom stereocenters. The van der Waals surface area contributed by atoms with Gasteiger partial charge in [0.1, 0.15) is 5.75 Å². The van der Waals surface area contributed by atoms with Crippen LogP contribution in [0.15, 0.2) is 42.5 Å². The van der Waals surface area contributed by atoms with E-state index in [1.807, 2.05) is 49.4 Å². The van der Waals surface area contributed by atoms with E-state index in [-0.39, 0.29) is 12.5 Å². The van der Waals surface area contributed by atoms with Crippen LogP contribution in [0, 0.1) is 6.92 Å². The molecule has 2 rings (SSSR count). The zero-order valence-corrected chi connectivity index (χ0v) is 13.4. The molecule has 0 aromatic heterocycles. The fourth-order valence-corrected chi connectivity index (χ4v) is 2.29. The molecule has 0 aliphatic heterocycles. The third kappa shape index (κ3) is 4.76. The van der Waals surface area contributed by atoms with E-state index in [9.17, 15) is 4.79 Å². The number of benzene rings is 2. The fraction of sp³-hybridized carbons (Fsp3) is 0.235. The van der Waals surface area contributed by atoms with E-state index in [0.717, 1.165) is 11.1 Å². The molecule has 0 fully saturated rings. The van der Waals surface area contributed by atoms with Gasteiger partial charge < -0.3 is 15.4 Å². The van der Waals surface area contributed by atoms with Crippen molar-refractivity contribution in [2.24, 2.45) is 0 Å². The molecule has 0 unspecified atom stereocenters. The van der Waals surface area contributed by atoms with Gasteiger partial charge in [-0.2, -0.15) is 0 Å². The number of carbonyl (C=O) groups is 1. The minimum absolute atomic E-state index is 0.120. The summed E-state index contributed by atoms with van der Waals surface area (Å²) < 4.78 is 5.24. The second kappa shape index (κ2) is 7.82. The number of rotatable bonds is 6. The van der Waals surface area contributed by atoms with Gasteiger partial charge in [0.05, 0.1) is 19.3 Å². The van der Waals surface area contributed by atoms with Crippen molar-refractivity contribution in [1.82, 2.24) is 5.32 Å². The second-order valence-electron chi connectivity index (χ2n) is 4.99. The van der Waals surface area contributed by atoms with Crippen molar-refractivity contribution >= 4 is 23.2 Å². The molecule has 4 nitrogen and oxygen atoms in total. The van der Waals surface area contributed by atoms with Crippen LogP contribution in [-0.4, -0.2) is 19.6 Å². The summed E-state index contributed by atoms with van der Waals surface area (Å²) in [7, 11) is 1.58. The van der Waals surface area contributed by atoms with Crippen molar-refractivity contribution in [1.29, 1.82) is 0 Å². The van der Waals surface area contributed by atoms with Crippen LogP contribution >= 0.6 is 11.6 Å². The molecule has 0 bridgehead atoms. The van der Waals surface area contributed by atoms with Crippen LogP contribution in [0.1, 0.15) is 11.1 Å². The highest BCUT2D eigenvalue weighted by atomic mass is 35.5. The molecule has 0 aliphatic carbocycles. The number of hydrogen-bond donors (Lipinski definition) is 2. The van der Waals surface area contributed by atoms with Gasteiger partial charge in [0, 0.05) is 11.6 Å². The number of amides is 1. The van der Waals surface area contributed by atoms with Crippen LogP contribution in [-0.2, 0) is 11.3 Å². The van der Waals surface area contributed by atoms with E-state index in [0.29, 0.717) is 23.0 Å². The molecule has 0 heterocycles. The summed E-state index contributed by atoms with van der Waals surface area (Å²) in [4.78, 5) is 12.0.